The molecule has 1 aromatic heterocycles. The zero-order valence-corrected chi connectivity index (χ0v) is 20.5. The lowest BCUT2D eigenvalue weighted by atomic mass is 10.1. The van der Waals surface area contributed by atoms with Crippen molar-refractivity contribution in [3.05, 3.63) is 64.4 Å². The van der Waals surface area contributed by atoms with E-state index in [9.17, 15) is 4.79 Å². The number of rotatable bonds is 10. The van der Waals surface area contributed by atoms with Crippen LogP contribution in [0, 0.1) is 13.8 Å². The van der Waals surface area contributed by atoms with E-state index in [1.54, 1.807) is 6.07 Å². The molecule has 0 atom stereocenters. The molecule has 0 radical (unpaired) electrons. The van der Waals surface area contributed by atoms with Crippen LogP contribution in [-0.2, 0) is 11.4 Å². The first-order valence-electron chi connectivity index (χ1n) is 10.7. The molecule has 0 fully saturated rings. The minimum Gasteiger partial charge on any atom is -0.484 e. The van der Waals surface area contributed by atoms with Gasteiger partial charge < -0.3 is 14.6 Å². The topological polar surface area (TPSA) is 69.0 Å². The number of amides is 1. The standard InChI is InChI=1S/C24H29ClN4O2S/c1-5-18(6-2)29-22(14-31-21-10-8-7-9-19(21)25)27-28-24(29)32-15-23(30)26-20-12-11-16(3)13-17(20)4/h7-13,18H,5-6,14-15H2,1-4H3,(H,26,30). The van der Waals surface area contributed by atoms with E-state index in [-0.39, 0.29) is 24.3 Å². The van der Waals surface area contributed by atoms with Crippen molar-refractivity contribution in [3.63, 3.8) is 0 Å². The largest absolute Gasteiger partial charge is 0.484 e. The summed E-state index contributed by atoms with van der Waals surface area (Å²) in [5.74, 6) is 1.50. The molecule has 170 valence electrons. The van der Waals surface area contributed by atoms with Crippen LogP contribution in [0.2, 0.25) is 5.02 Å². The van der Waals surface area contributed by atoms with Crippen molar-refractivity contribution in [2.75, 3.05) is 11.1 Å². The van der Waals surface area contributed by atoms with E-state index < -0.39 is 0 Å². The fraction of sp³-hybridized carbons (Fsp3) is 0.375. The molecule has 1 heterocycles. The summed E-state index contributed by atoms with van der Waals surface area (Å²) in [5, 5.41) is 13.0. The Hall–Kier alpha value is -2.51. The third-order valence-corrected chi connectivity index (χ3v) is 6.48. The molecular formula is C24H29ClN4O2S. The molecule has 0 spiro atoms. The number of ether oxygens (including phenoxy) is 1. The number of benzene rings is 2. The number of para-hydroxylation sites is 1. The molecule has 32 heavy (non-hydrogen) atoms. The van der Waals surface area contributed by atoms with Gasteiger partial charge in [0.05, 0.1) is 10.8 Å². The number of anilines is 1. The van der Waals surface area contributed by atoms with Crippen LogP contribution in [0.25, 0.3) is 0 Å². The molecule has 0 aliphatic rings. The average molecular weight is 473 g/mol. The van der Waals surface area contributed by atoms with Crippen LogP contribution < -0.4 is 10.1 Å². The summed E-state index contributed by atoms with van der Waals surface area (Å²) in [6.45, 7) is 8.54. The number of aromatic nitrogens is 3. The fourth-order valence-corrected chi connectivity index (χ4v) is 4.51. The van der Waals surface area contributed by atoms with Crippen molar-refractivity contribution in [3.8, 4) is 5.75 Å². The van der Waals surface area contributed by atoms with E-state index in [4.69, 9.17) is 16.3 Å². The number of carbonyl (C=O) groups is 1. The molecule has 1 N–H and O–H groups in total. The van der Waals surface area contributed by atoms with Gasteiger partial charge in [0, 0.05) is 11.7 Å². The minimum atomic E-state index is -0.0742. The SMILES string of the molecule is CCC(CC)n1c(COc2ccccc2Cl)nnc1SCC(=O)Nc1ccc(C)cc1C. The quantitative estimate of drug-likeness (QED) is 0.355. The number of hydrogen-bond donors (Lipinski definition) is 1. The number of nitrogens with one attached hydrogen (secondary N) is 1. The fourth-order valence-electron chi connectivity index (χ4n) is 3.50. The molecule has 0 bridgehead atoms. The monoisotopic (exact) mass is 472 g/mol. The van der Waals surface area contributed by atoms with E-state index in [2.05, 4.69) is 40.0 Å². The molecule has 0 saturated carbocycles. The zero-order valence-electron chi connectivity index (χ0n) is 18.9. The molecular weight excluding hydrogens is 444 g/mol. The second kappa shape index (κ2) is 11.4. The Balaban J connectivity index is 1.71. The third kappa shape index (κ3) is 6.04. The smallest absolute Gasteiger partial charge is 0.234 e. The van der Waals surface area contributed by atoms with E-state index in [1.165, 1.54) is 17.3 Å². The normalized spacial score (nSPS) is 11.1. The molecule has 3 rings (SSSR count). The number of hydrogen-bond acceptors (Lipinski definition) is 5. The molecule has 0 unspecified atom stereocenters. The highest BCUT2D eigenvalue weighted by Crippen LogP contribution is 2.28. The Kier molecular flexibility index (Phi) is 8.59. The van der Waals surface area contributed by atoms with Gasteiger partial charge in [0.2, 0.25) is 5.91 Å². The van der Waals surface area contributed by atoms with Gasteiger partial charge in [-0.2, -0.15) is 0 Å². The van der Waals surface area contributed by atoms with Crippen molar-refractivity contribution in [2.45, 2.75) is 58.3 Å². The summed E-state index contributed by atoms with van der Waals surface area (Å²) >= 11 is 7.59. The van der Waals surface area contributed by atoms with Crippen molar-refractivity contribution < 1.29 is 9.53 Å². The van der Waals surface area contributed by atoms with Crippen LogP contribution in [0.4, 0.5) is 5.69 Å². The van der Waals surface area contributed by atoms with Crippen LogP contribution in [0.5, 0.6) is 5.75 Å². The van der Waals surface area contributed by atoms with Crippen LogP contribution in [0.3, 0.4) is 0 Å². The van der Waals surface area contributed by atoms with Crippen LogP contribution >= 0.6 is 23.4 Å². The Bertz CT molecular complexity index is 1070. The highest BCUT2D eigenvalue weighted by molar-refractivity contribution is 7.99. The Morgan fingerprint density at radius 2 is 1.91 bits per heavy atom. The second-order valence-electron chi connectivity index (χ2n) is 7.61. The lowest BCUT2D eigenvalue weighted by molar-refractivity contribution is -0.113. The highest BCUT2D eigenvalue weighted by atomic mass is 35.5. The van der Waals surface area contributed by atoms with Gasteiger partial charge in [0.25, 0.3) is 0 Å². The minimum absolute atomic E-state index is 0.0742. The maximum Gasteiger partial charge on any atom is 0.234 e. The van der Waals surface area contributed by atoms with Gasteiger partial charge in [0.1, 0.15) is 12.4 Å². The maximum absolute atomic E-state index is 12.6. The summed E-state index contributed by atoms with van der Waals surface area (Å²) in [4.78, 5) is 12.6. The first-order chi connectivity index (χ1) is 15.4. The Morgan fingerprint density at radius 3 is 2.59 bits per heavy atom. The number of aryl methyl sites for hydroxylation is 2. The molecule has 0 aliphatic carbocycles. The summed E-state index contributed by atoms with van der Waals surface area (Å²) < 4.78 is 7.99. The van der Waals surface area contributed by atoms with E-state index in [1.807, 2.05) is 44.2 Å². The second-order valence-corrected chi connectivity index (χ2v) is 8.96. The molecule has 0 aliphatic heterocycles. The molecule has 6 nitrogen and oxygen atoms in total. The van der Waals surface area contributed by atoms with Crippen LogP contribution in [0.15, 0.2) is 47.6 Å². The van der Waals surface area contributed by atoms with Crippen molar-refractivity contribution in [1.82, 2.24) is 14.8 Å². The van der Waals surface area contributed by atoms with E-state index >= 15 is 0 Å². The van der Waals surface area contributed by atoms with Gasteiger partial charge in [-0.05, 0) is 50.5 Å². The molecule has 2 aromatic carbocycles. The summed E-state index contributed by atoms with van der Waals surface area (Å²) in [6.07, 6.45) is 1.85. The Labute approximate surface area is 198 Å². The predicted octanol–water partition coefficient (Wildman–Crippen LogP) is 6.22. The first-order valence-corrected chi connectivity index (χ1v) is 12.1. The summed E-state index contributed by atoms with van der Waals surface area (Å²) in [5.41, 5.74) is 3.04. The molecule has 0 saturated heterocycles. The van der Waals surface area contributed by atoms with Gasteiger partial charge in [-0.1, -0.05) is 67.0 Å². The van der Waals surface area contributed by atoms with Gasteiger partial charge in [-0.3, -0.25) is 4.79 Å². The van der Waals surface area contributed by atoms with E-state index in [0.717, 1.165) is 29.9 Å². The van der Waals surface area contributed by atoms with Crippen LogP contribution in [0.1, 0.15) is 49.7 Å². The summed E-state index contributed by atoms with van der Waals surface area (Å²) in [6, 6.07) is 13.6. The van der Waals surface area contributed by atoms with Gasteiger partial charge in [-0.25, -0.2) is 0 Å². The van der Waals surface area contributed by atoms with Gasteiger partial charge in [0.15, 0.2) is 11.0 Å². The number of nitrogens with zero attached hydrogens (tertiary/aromatic N) is 3. The highest BCUT2D eigenvalue weighted by Gasteiger charge is 2.20. The Morgan fingerprint density at radius 1 is 1.16 bits per heavy atom. The van der Waals surface area contributed by atoms with Gasteiger partial charge >= 0.3 is 0 Å². The summed E-state index contributed by atoms with van der Waals surface area (Å²) in [7, 11) is 0. The average Bonchev–Trinajstić information content (AvgIpc) is 3.17. The van der Waals surface area contributed by atoms with Crippen molar-refractivity contribution >= 4 is 35.0 Å². The maximum atomic E-state index is 12.6. The van der Waals surface area contributed by atoms with Crippen molar-refractivity contribution in [2.24, 2.45) is 0 Å². The molecule has 3 aromatic rings. The van der Waals surface area contributed by atoms with Crippen LogP contribution in [-0.4, -0.2) is 26.4 Å². The van der Waals surface area contributed by atoms with Gasteiger partial charge in [-0.15, -0.1) is 10.2 Å². The lowest BCUT2D eigenvalue weighted by Crippen LogP contribution is -2.17. The first kappa shape index (κ1) is 24.1. The van der Waals surface area contributed by atoms with Crippen molar-refractivity contribution in [1.29, 1.82) is 0 Å². The zero-order chi connectivity index (χ0) is 23.1. The third-order valence-electron chi connectivity index (χ3n) is 5.22. The van der Waals surface area contributed by atoms with E-state index in [0.29, 0.717) is 15.9 Å². The lowest BCUT2D eigenvalue weighted by Gasteiger charge is -2.19. The number of carbonyl (C=O) groups excluding carboxylic acids is 1. The molecule has 8 heteroatoms. The predicted molar refractivity (Wildman–Crippen MR) is 131 cm³/mol. The molecule has 1 amide bonds. The number of halogens is 1. The number of thioether (sulfide) groups is 1.